The van der Waals surface area contributed by atoms with E-state index in [1.165, 1.54) is 17.8 Å². The van der Waals surface area contributed by atoms with Crippen molar-refractivity contribution in [3.8, 4) is 11.4 Å². The maximum atomic E-state index is 13.2. The number of benzene rings is 2. The Morgan fingerprint density at radius 1 is 0.943 bits per heavy atom. The van der Waals surface area contributed by atoms with Crippen molar-refractivity contribution in [2.45, 2.75) is 44.7 Å². The van der Waals surface area contributed by atoms with Crippen LogP contribution in [0.1, 0.15) is 40.3 Å². The average Bonchev–Trinajstić information content (AvgIpc) is 3.50. The van der Waals surface area contributed by atoms with E-state index in [9.17, 15) is 9.59 Å². The van der Waals surface area contributed by atoms with Crippen LogP contribution in [0, 0.1) is 0 Å². The first-order valence-corrected chi connectivity index (χ1v) is 12.8. The van der Waals surface area contributed by atoms with Gasteiger partial charge in [-0.2, -0.15) is 0 Å². The molecule has 7 nitrogen and oxygen atoms in total. The lowest BCUT2D eigenvalue weighted by atomic mass is 10.0. The van der Waals surface area contributed by atoms with E-state index >= 15 is 0 Å². The minimum absolute atomic E-state index is 0.251. The third-order valence-corrected chi connectivity index (χ3v) is 7.04. The Hall–Kier alpha value is -3.78. The fraction of sp³-hybridized carbons (Fsp3) is 0.259. The van der Waals surface area contributed by atoms with E-state index in [4.69, 9.17) is 0 Å². The van der Waals surface area contributed by atoms with Gasteiger partial charge < -0.3 is 15.2 Å². The molecule has 3 heterocycles. The summed E-state index contributed by atoms with van der Waals surface area (Å²) in [6, 6.07) is 20.2. The summed E-state index contributed by atoms with van der Waals surface area (Å²) in [6.45, 7) is 0.932. The number of hydrogen-bond donors (Lipinski definition) is 2. The van der Waals surface area contributed by atoms with Crippen molar-refractivity contribution in [3.63, 3.8) is 0 Å². The fourth-order valence-electron chi connectivity index (χ4n) is 4.33. The summed E-state index contributed by atoms with van der Waals surface area (Å²) < 4.78 is 2.20. The molecule has 5 rings (SSSR count). The topological polar surface area (TPSA) is 88.9 Å². The van der Waals surface area contributed by atoms with Crippen molar-refractivity contribution in [2.24, 2.45) is 0 Å². The smallest absolute Gasteiger partial charge is 0.262 e. The summed E-state index contributed by atoms with van der Waals surface area (Å²) in [5, 5.41) is 16.5. The highest BCUT2D eigenvalue weighted by Gasteiger charge is 2.23. The molecule has 0 bridgehead atoms. The molecule has 0 fully saturated rings. The zero-order valence-electron chi connectivity index (χ0n) is 19.3. The predicted octanol–water partition coefficient (Wildman–Crippen LogP) is 4.71. The Morgan fingerprint density at radius 3 is 2.54 bits per heavy atom. The number of aromatic nitrogens is 3. The molecule has 2 aromatic carbocycles. The lowest BCUT2D eigenvalue weighted by Crippen LogP contribution is -2.45. The Labute approximate surface area is 208 Å². The highest BCUT2D eigenvalue weighted by Crippen LogP contribution is 2.24. The first kappa shape index (κ1) is 23.0. The third kappa shape index (κ3) is 5.49. The van der Waals surface area contributed by atoms with Gasteiger partial charge in [0.2, 0.25) is 5.91 Å². The van der Waals surface area contributed by atoms with Crippen LogP contribution in [0.5, 0.6) is 0 Å². The molecule has 8 heteroatoms. The van der Waals surface area contributed by atoms with E-state index in [1.807, 2.05) is 66.0 Å². The van der Waals surface area contributed by atoms with Gasteiger partial charge in [0.1, 0.15) is 11.9 Å². The molecule has 2 amide bonds. The second-order valence-electron chi connectivity index (χ2n) is 8.66. The van der Waals surface area contributed by atoms with E-state index < -0.39 is 6.04 Å². The molecule has 0 saturated carbocycles. The van der Waals surface area contributed by atoms with E-state index in [1.54, 1.807) is 6.07 Å². The lowest BCUT2D eigenvalue weighted by molar-refractivity contribution is -0.118. The van der Waals surface area contributed by atoms with Crippen molar-refractivity contribution >= 4 is 28.8 Å². The van der Waals surface area contributed by atoms with E-state index in [0.29, 0.717) is 17.0 Å². The van der Waals surface area contributed by atoms with Crippen LogP contribution < -0.4 is 10.6 Å². The number of fused-ring (bicyclic) bond motifs is 1. The zero-order chi connectivity index (χ0) is 24.0. The minimum atomic E-state index is -0.709. The first-order valence-electron chi connectivity index (χ1n) is 11.9. The highest BCUT2D eigenvalue weighted by molar-refractivity contribution is 7.12. The van der Waals surface area contributed by atoms with E-state index in [-0.39, 0.29) is 11.8 Å². The number of rotatable bonds is 7. The highest BCUT2D eigenvalue weighted by atomic mass is 32.1. The van der Waals surface area contributed by atoms with Crippen molar-refractivity contribution < 1.29 is 9.59 Å². The van der Waals surface area contributed by atoms with Gasteiger partial charge in [-0.3, -0.25) is 9.59 Å². The molecular formula is C27H27N5O2S. The predicted molar refractivity (Wildman–Crippen MR) is 137 cm³/mol. The number of anilines is 1. The van der Waals surface area contributed by atoms with Crippen molar-refractivity contribution in [2.75, 3.05) is 5.32 Å². The molecule has 0 spiro atoms. The second-order valence-corrected chi connectivity index (χ2v) is 9.61. The fourth-order valence-corrected chi connectivity index (χ4v) is 4.95. The van der Waals surface area contributed by atoms with Gasteiger partial charge in [-0.1, -0.05) is 42.8 Å². The maximum absolute atomic E-state index is 13.2. The van der Waals surface area contributed by atoms with Gasteiger partial charge in [-0.25, -0.2) is 0 Å². The molecule has 1 atom stereocenters. The Bertz CT molecular complexity index is 1280. The average molecular weight is 486 g/mol. The molecule has 2 N–H and O–H groups in total. The van der Waals surface area contributed by atoms with Gasteiger partial charge in [-0.15, -0.1) is 21.5 Å². The van der Waals surface area contributed by atoms with Crippen LogP contribution in [0.3, 0.4) is 0 Å². The molecule has 0 unspecified atom stereocenters. The van der Waals surface area contributed by atoms with Crippen LogP contribution in [0.4, 0.5) is 5.69 Å². The number of carbonyl (C=O) groups is 2. The lowest BCUT2D eigenvalue weighted by Gasteiger charge is -2.18. The van der Waals surface area contributed by atoms with Crippen LogP contribution in [-0.4, -0.2) is 32.6 Å². The molecule has 4 aromatic rings. The normalized spacial score (nSPS) is 13.9. The summed E-state index contributed by atoms with van der Waals surface area (Å²) in [5.74, 6) is 1.40. The number of nitrogens with one attached hydrogen (secondary N) is 2. The van der Waals surface area contributed by atoms with Crippen LogP contribution >= 0.6 is 11.3 Å². The summed E-state index contributed by atoms with van der Waals surface area (Å²) in [4.78, 5) is 26.5. The van der Waals surface area contributed by atoms with Crippen molar-refractivity contribution in [3.05, 3.63) is 88.4 Å². The summed E-state index contributed by atoms with van der Waals surface area (Å²) >= 11 is 1.35. The maximum Gasteiger partial charge on any atom is 0.262 e. The first-order chi connectivity index (χ1) is 17.2. The van der Waals surface area contributed by atoms with Crippen LogP contribution in [-0.2, 0) is 24.2 Å². The van der Waals surface area contributed by atoms with Gasteiger partial charge in [0.15, 0.2) is 5.82 Å². The molecule has 35 heavy (non-hydrogen) atoms. The molecule has 2 aromatic heterocycles. The van der Waals surface area contributed by atoms with E-state index in [0.717, 1.165) is 48.6 Å². The Kier molecular flexibility index (Phi) is 6.99. The van der Waals surface area contributed by atoms with Crippen LogP contribution in [0.25, 0.3) is 11.4 Å². The van der Waals surface area contributed by atoms with Crippen molar-refractivity contribution in [1.82, 2.24) is 20.1 Å². The summed E-state index contributed by atoms with van der Waals surface area (Å²) in [6.07, 6.45) is 4.85. The second kappa shape index (κ2) is 10.7. The minimum Gasteiger partial charge on any atom is -0.339 e. The van der Waals surface area contributed by atoms with Crippen LogP contribution in [0.2, 0.25) is 0 Å². The summed E-state index contributed by atoms with van der Waals surface area (Å²) in [7, 11) is 0. The molecular weight excluding hydrogens is 458 g/mol. The largest absolute Gasteiger partial charge is 0.339 e. The molecule has 1 aliphatic heterocycles. The SMILES string of the molecule is O=C(N[C@@H](Cc1ccccc1)C(=O)Nc1ccc(-c2nnc3n2CCCCC3)cc1)c1cccs1. The number of aryl methyl sites for hydroxylation is 1. The Morgan fingerprint density at radius 2 is 1.77 bits per heavy atom. The van der Waals surface area contributed by atoms with Gasteiger partial charge in [0.25, 0.3) is 5.91 Å². The van der Waals surface area contributed by atoms with Gasteiger partial charge in [0, 0.05) is 30.6 Å². The quantitative estimate of drug-likeness (QED) is 0.397. The number of amides is 2. The number of thiophene rings is 1. The van der Waals surface area contributed by atoms with E-state index in [2.05, 4.69) is 25.4 Å². The van der Waals surface area contributed by atoms with Crippen LogP contribution in [0.15, 0.2) is 72.1 Å². The molecule has 178 valence electrons. The van der Waals surface area contributed by atoms with Crippen molar-refractivity contribution in [1.29, 1.82) is 0 Å². The number of nitrogens with zero attached hydrogens (tertiary/aromatic N) is 3. The summed E-state index contributed by atoms with van der Waals surface area (Å²) in [5.41, 5.74) is 2.61. The third-order valence-electron chi connectivity index (χ3n) is 6.17. The zero-order valence-corrected chi connectivity index (χ0v) is 20.1. The molecule has 0 saturated heterocycles. The Balaban J connectivity index is 1.31. The number of carbonyl (C=O) groups excluding carboxylic acids is 2. The molecule has 0 aliphatic carbocycles. The van der Waals surface area contributed by atoms with Gasteiger partial charge >= 0.3 is 0 Å². The molecule has 0 radical (unpaired) electrons. The standard InChI is InChI=1S/C27H27N5O2S/c33-26(22(18-19-8-3-1-4-9-19)29-27(34)23-10-7-17-35-23)28-21-14-12-20(13-15-21)25-31-30-24-11-5-2-6-16-32(24)25/h1,3-4,7-10,12-15,17,22H,2,5-6,11,16,18H2,(H,28,33)(H,29,34)/t22-/m0/s1. The monoisotopic (exact) mass is 485 g/mol. The van der Waals surface area contributed by atoms with Gasteiger partial charge in [0.05, 0.1) is 4.88 Å². The van der Waals surface area contributed by atoms with Gasteiger partial charge in [-0.05, 0) is 54.1 Å². The molecule has 1 aliphatic rings. The number of hydrogen-bond acceptors (Lipinski definition) is 5.